The van der Waals surface area contributed by atoms with Crippen LogP contribution < -0.4 is 9.47 Å². The average Bonchev–Trinajstić information content (AvgIpc) is 2.85. The van der Waals surface area contributed by atoms with Crippen LogP contribution >= 0.6 is 11.6 Å². The van der Waals surface area contributed by atoms with Gasteiger partial charge in [0.15, 0.2) is 11.5 Å². The lowest BCUT2D eigenvalue weighted by atomic mass is 10.0. The van der Waals surface area contributed by atoms with E-state index < -0.39 is 0 Å². The molecule has 0 N–H and O–H groups in total. The van der Waals surface area contributed by atoms with Crippen molar-refractivity contribution in [1.82, 2.24) is 4.90 Å². The van der Waals surface area contributed by atoms with Crippen LogP contribution in [0.4, 0.5) is 0 Å². The zero-order valence-corrected chi connectivity index (χ0v) is 11.7. The largest absolute Gasteiger partial charge is 0.486 e. The molecule has 0 radical (unpaired) electrons. The maximum absolute atomic E-state index is 5.95. The summed E-state index contributed by atoms with van der Waals surface area (Å²) in [5.74, 6) is 1.71. The molecule has 0 bridgehead atoms. The molecule has 1 unspecified atom stereocenters. The summed E-state index contributed by atoms with van der Waals surface area (Å²) in [6.07, 6.45) is 2.35. The van der Waals surface area contributed by atoms with Crippen LogP contribution in [-0.2, 0) is 0 Å². The minimum atomic E-state index is 0.409. The Balaban J connectivity index is 1.82. The molecule has 1 aromatic rings. The molecule has 2 aliphatic rings. The number of likely N-dealkylation sites (tertiary alicyclic amines) is 1. The van der Waals surface area contributed by atoms with E-state index in [0.717, 1.165) is 31.0 Å². The van der Waals surface area contributed by atoms with Gasteiger partial charge in [-0.2, -0.15) is 0 Å². The highest BCUT2D eigenvalue weighted by Crippen LogP contribution is 2.38. The normalized spacial score (nSPS) is 22.5. The Hall–Kier alpha value is -1.19. The Bertz CT molecular complexity index is 489. The van der Waals surface area contributed by atoms with Crippen LogP contribution in [0.15, 0.2) is 29.8 Å². The van der Waals surface area contributed by atoms with Crippen molar-refractivity contribution in [2.24, 2.45) is 0 Å². The lowest BCUT2D eigenvalue weighted by molar-refractivity contribution is 0.171. The molecule has 0 amide bonds. The summed E-state index contributed by atoms with van der Waals surface area (Å²) in [5.41, 5.74) is 1.28. The average molecular weight is 280 g/mol. The Kier molecular flexibility index (Phi) is 3.67. The van der Waals surface area contributed by atoms with Crippen LogP contribution in [0.2, 0.25) is 0 Å². The molecule has 1 atom stereocenters. The van der Waals surface area contributed by atoms with Gasteiger partial charge in [0.25, 0.3) is 0 Å². The zero-order valence-electron chi connectivity index (χ0n) is 10.9. The van der Waals surface area contributed by atoms with Gasteiger partial charge in [0.05, 0.1) is 0 Å². The van der Waals surface area contributed by atoms with Gasteiger partial charge in [-0.05, 0) is 37.1 Å². The third-order valence-corrected chi connectivity index (χ3v) is 3.81. The standard InChI is InChI=1S/C15H18ClNO2/c1-11(16)10-17-6-2-3-13(17)12-4-5-14-15(9-12)19-8-7-18-14/h4-5,9,13H,1-3,6-8,10H2. The first-order valence-electron chi connectivity index (χ1n) is 6.71. The second-order valence-corrected chi connectivity index (χ2v) is 5.58. The Morgan fingerprint density at radius 3 is 2.89 bits per heavy atom. The van der Waals surface area contributed by atoms with E-state index in [1.54, 1.807) is 0 Å². The third-order valence-electron chi connectivity index (χ3n) is 3.69. The SMILES string of the molecule is C=C(Cl)CN1CCCC1c1ccc2c(c1)OCCO2. The molecule has 0 aliphatic carbocycles. The first-order valence-corrected chi connectivity index (χ1v) is 7.09. The summed E-state index contributed by atoms with van der Waals surface area (Å²) in [7, 11) is 0. The number of fused-ring (bicyclic) bond motifs is 1. The number of rotatable bonds is 3. The van der Waals surface area contributed by atoms with Gasteiger partial charge in [-0.25, -0.2) is 0 Å². The molecule has 2 aliphatic heterocycles. The van der Waals surface area contributed by atoms with Gasteiger partial charge in [0.2, 0.25) is 0 Å². The maximum atomic E-state index is 5.95. The van der Waals surface area contributed by atoms with Crippen molar-refractivity contribution in [3.05, 3.63) is 35.4 Å². The van der Waals surface area contributed by atoms with Crippen molar-refractivity contribution in [3.8, 4) is 11.5 Å². The molecule has 0 aromatic heterocycles. The first kappa shape index (κ1) is 12.8. The van der Waals surface area contributed by atoms with E-state index in [4.69, 9.17) is 21.1 Å². The number of halogens is 1. The molecule has 4 heteroatoms. The molecule has 19 heavy (non-hydrogen) atoms. The Labute approximate surface area is 118 Å². The second-order valence-electron chi connectivity index (χ2n) is 5.05. The van der Waals surface area contributed by atoms with E-state index in [9.17, 15) is 0 Å². The van der Waals surface area contributed by atoms with E-state index >= 15 is 0 Å². The van der Waals surface area contributed by atoms with Crippen LogP contribution in [0.3, 0.4) is 0 Å². The number of nitrogens with zero attached hydrogens (tertiary/aromatic N) is 1. The molecule has 0 saturated carbocycles. The van der Waals surface area contributed by atoms with Crippen LogP contribution in [-0.4, -0.2) is 31.2 Å². The highest BCUT2D eigenvalue weighted by Gasteiger charge is 2.27. The van der Waals surface area contributed by atoms with Crippen molar-refractivity contribution in [2.45, 2.75) is 18.9 Å². The van der Waals surface area contributed by atoms with Crippen molar-refractivity contribution in [3.63, 3.8) is 0 Å². The molecule has 1 fully saturated rings. The quantitative estimate of drug-likeness (QED) is 0.847. The fourth-order valence-corrected chi connectivity index (χ4v) is 3.03. The van der Waals surface area contributed by atoms with Crippen molar-refractivity contribution >= 4 is 11.6 Å². The zero-order chi connectivity index (χ0) is 13.2. The van der Waals surface area contributed by atoms with Gasteiger partial charge in [0, 0.05) is 17.6 Å². The van der Waals surface area contributed by atoms with Crippen molar-refractivity contribution in [1.29, 1.82) is 0 Å². The van der Waals surface area contributed by atoms with E-state index in [2.05, 4.69) is 23.6 Å². The summed E-state index contributed by atoms with van der Waals surface area (Å²) in [4.78, 5) is 2.38. The van der Waals surface area contributed by atoms with E-state index in [0.29, 0.717) is 24.3 Å². The highest BCUT2D eigenvalue weighted by molar-refractivity contribution is 6.29. The lowest BCUT2D eigenvalue weighted by Crippen LogP contribution is -2.24. The molecular formula is C15H18ClNO2. The molecule has 3 rings (SSSR count). The van der Waals surface area contributed by atoms with Crippen molar-refractivity contribution < 1.29 is 9.47 Å². The van der Waals surface area contributed by atoms with E-state index in [1.165, 1.54) is 12.0 Å². The topological polar surface area (TPSA) is 21.7 Å². The van der Waals surface area contributed by atoms with Crippen molar-refractivity contribution in [2.75, 3.05) is 26.3 Å². The molecule has 1 aromatic carbocycles. The van der Waals surface area contributed by atoms with E-state index in [1.807, 2.05) is 6.07 Å². The molecule has 2 heterocycles. The van der Waals surface area contributed by atoms with Crippen LogP contribution in [0.5, 0.6) is 11.5 Å². The van der Waals surface area contributed by atoms with Gasteiger partial charge < -0.3 is 9.47 Å². The molecule has 3 nitrogen and oxygen atoms in total. The van der Waals surface area contributed by atoms with Gasteiger partial charge >= 0.3 is 0 Å². The number of benzene rings is 1. The lowest BCUT2D eigenvalue weighted by Gasteiger charge is -2.26. The monoisotopic (exact) mass is 279 g/mol. The van der Waals surface area contributed by atoms with Gasteiger partial charge in [0.1, 0.15) is 13.2 Å². The first-order chi connectivity index (χ1) is 9.24. The molecule has 0 spiro atoms. The summed E-state index contributed by atoms with van der Waals surface area (Å²) < 4.78 is 11.2. The van der Waals surface area contributed by atoms with Gasteiger partial charge in [-0.3, -0.25) is 4.90 Å². The number of hydrogen-bond acceptors (Lipinski definition) is 3. The Morgan fingerprint density at radius 2 is 2.11 bits per heavy atom. The summed E-state index contributed by atoms with van der Waals surface area (Å²) in [6, 6.07) is 6.66. The second kappa shape index (κ2) is 5.43. The molecule has 102 valence electrons. The molecular weight excluding hydrogens is 262 g/mol. The van der Waals surface area contributed by atoms with Crippen LogP contribution in [0.25, 0.3) is 0 Å². The van der Waals surface area contributed by atoms with Crippen LogP contribution in [0, 0.1) is 0 Å². The predicted molar refractivity (Wildman–Crippen MR) is 76.0 cm³/mol. The number of hydrogen-bond donors (Lipinski definition) is 0. The minimum Gasteiger partial charge on any atom is -0.486 e. The van der Waals surface area contributed by atoms with Gasteiger partial charge in [-0.15, -0.1) is 0 Å². The summed E-state index contributed by atoms with van der Waals surface area (Å²) in [6.45, 7) is 6.88. The number of ether oxygens (including phenoxy) is 2. The van der Waals surface area contributed by atoms with E-state index in [-0.39, 0.29) is 0 Å². The molecule has 1 saturated heterocycles. The van der Waals surface area contributed by atoms with Crippen LogP contribution in [0.1, 0.15) is 24.4 Å². The highest BCUT2D eigenvalue weighted by atomic mass is 35.5. The predicted octanol–water partition coefficient (Wildman–Crippen LogP) is 3.35. The fraction of sp³-hybridized carbons (Fsp3) is 0.467. The summed E-state index contributed by atoms with van der Waals surface area (Å²) in [5, 5.41) is 0.699. The Morgan fingerprint density at radius 1 is 1.32 bits per heavy atom. The third kappa shape index (κ3) is 2.72. The maximum Gasteiger partial charge on any atom is 0.161 e. The summed E-state index contributed by atoms with van der Waals surface area (Å²) >= 11 is 5.95. The van der Waals surface area contributed by atoms with Gasteiger partial charge in [-0.1, -0.05) is 24.2 Å². The minimum absolute atomic E-state index is 0.409. The fourth-order valence-electron chi connectivity index (χ4n) is 2.88. The smallest absolute Gasteiger partial charge is 0.161 e.